The molecular weight excluding hydrogens is 395 g/mol. The number of sulfonamides is 1. The van der Waals surface area contributed by atoms with Crippen molar-refractivity contribution in [3.63, 3.8) is 0 Å². The predicted molar refractivity (Wildman–Crippen MR) is 108 cm³/mol. The topological polar surface area (TPSA) is 66.5 Å². The van der Waals surface area contributed by atoms with Crippen LogP contribution in [0.3, 0.4) is 0 Å². The number of halogens is 2. The molecule has 0 aliphatic rings. The monoisotopic (exact) mass is 414 g/mol. The lowest BCUT2D eigenvalue weighted by molar-refractivity contribution is -0.114. The Morgan fingerprint density at radius 2 is 1.65 bits per heavy atom. The molecule has 2 aromatic rings. The number of benzene rings is 2. The quantitative estimate of drug-likeness (QED) is 0.791. The van der Waals surface area contributed by atoms with Crippen molar-refractivity contribution in [2.75, 3.05) is 22.4 Å². The minimum absolute atomic E-state index is 0.151. The number of nitrogens with one attached hydrogen (secondary N) is 1. The van der Waals surface area contributed by atoms with Gasteiger partial charge in [-0.3, -0.25) is 9.10 Å². The Bertz CT molecular complexity index is 936. The molecule has 0 fully saturated rings. The van der Waals surface area contributed by atoms with E-state index in [2.05, 4.69) is 5.32 Å². The molecule has 0 atom stereocenters. The van der Waals surface area contributed by atoms with Gasteiger partial charge in [-0.25, -0.2) is 8.42 Å². The fourth-order valence-corrected chi connectivity index (χ4v) is 4.18. The zero-order valence-electron chi connectivity index (χ0n) is 14.9. The Balaban J connectivity index is 2.31. The first-order valence-electron chi connectivity index (χ1n) is 7.79. The van der Waals surface area contributed by atoms with E-state index in [0.717, 1.165) is 27.3 Å². The molecule has 140 valence electrons. The van der Waals surface area contributed by atoms with Crippen LogP contribution in [0.2, 0.25) is 10.0 Å². The Labute approximate surface area is 164 Å². The zero-order chi connectivity index (χ0) is 19.6. The van der Waals surface area contributed by atoms with Crippen molar-refractivity contribution >= 4 is 50.5 Å². The highest BCUT2D eigenvalue weighted by atomic mass is 35.5. The molecule has 0 aliphatic heterocycles. The Morgan fingerprint density at radius 3 is 2.15 bits per heavy atom. The number of nitrogens with zero attached hydrogens (tertiary/aromatic N) is 1. The normalized spacial score (nSPS) is 11.3. The highest BCUT2D eigenvalue weighted by Gasteiger charge is 2.23. The summed E-state index contributed by atoms with van der Waals surface area (Å²) in [6.07, 6.45) is 1.02. The summed E-state index contributed by atoms with van der Waals surface area (Å²) in [5, 5.41) is 3.32. The first-order chi connectivity index (χ1) is 12.0. The molecule has 0 spiro atoms. The second-order valence-electron chi connectivity index (χ2n) is 6.19. The summed E-state index contributed by atoms with van der Waals surface area (Å²) in [7, 11) is -3.72. The molecule has 1 N–H and O–H groups in total. The molecule has 0 aliphatic carbocycles. The maximum atomic E-state index is 12.5. The zero-order valence-corrected chi connectivity index (χ0v) is 17.3. The number of carbonyl (C=O) groups excluding carboxylic acids is 1. The second-order valence-corrected chi connectivity index (χ2v) is 8.94. The average molecular weight is 415 g/mol. The fraction of sp³-hybridized carbons (Fsp3) is 0.278. The van der Waals surface area contributed by atoms with Gasteiger partial charge in [-0.05, 0) is 50.1 Å². The van der Waals surface area contributed by atoms with Crippen molar-refractivity contribution in [2.45, 2.75) is 20.8 Å². The van der Waals surface area contributed by atoms with Gasteiger partial charge in [0.15, 0.2) is 0 Å². The number of rotatable bonds is 5. The smallest absolute Gasteiger partial charge is 0.245 e. The molecule has 2 aromatic carbocycles. The van der Waals surface area contributed by atoms with Gasteiger partial charge >= 0.3 is 0 Å². The third-order valence-corrected chi connectivity index (χ3v) is 5.47. The van der Waals surface area contributed by atoms with Gasteiger partial charge in [0, 0.05) is 10.7 Å². The number of anilines is 2. The van der Waals surface area contributed by atoms with Gasteiger partial charge in [-0.15, -0.1) is 0 Å². The van der Waals surface area contributed by atoms with Crippen LogP contribution in [0.15, 0.2) is 30.3 Å². The van der Waals surface area contributed by atoms with Crippen molar-refractivity contribution in [3.8, 4) is 0 Å². The van der Waals surface area contributed by atoms with E-state index in [1.807, 2.05) is 32.9 Å². The van der Waals surface area contributed by atoms with Crippen LogP contribution in [0.1, 0.15) is 16.7 Å². The average Bonchev–Trinajstić information content (AvgIpc) is 2.48. The number of aryl methyl sites for hydroxylation is 3. The molecule has 8 heteroatoms. The number of carbonyl (C=O) groups is 1. The van der Waals surface area contributed by atoms with Gasteiger partial charge in [0.05, 0.1) is 17.0 Å². The third kappa shape index (κ3) is 4.90. The van der Waals surface area contributed by atoms with E-state index < -0.39 is 22.5 Å². The largest absolute Gasteiger partial charge is 0.324 e. The molecule has 0 radical (unpaired) electrons. The fourth-order valence-electron chi connectivity index (χ4n) is 2.75. The van der Waals surface area contributed by atoms with Crippen LogP contribution in [0.4, 0.5) is 11.4 Å². The van der Waals surface area contributed by atoms with Crippen LogP contribution < -0.4 is 9.62 Å². The molecule has 0 saturated carbocycles. The van der Waals surface area contributed by atoms with Gasteiger partial charge in [-0.1, -0.05) is 40.9 Å². The minimum Gasteiger partial charge on any atom is -0.324 e. The second kappa shape index (κ2) is 7.86. The van der Waals surface area contributed by atoms with E-state index in [0.29, 0.717) is 10.7 Å². The van der Waals surface area contributed by atoms with E-state index in [1.54, 1.807) is 0 Å². The summed E-state index contributed by atoms with van der Waals surface area (Å²) in [4.78, 5) is 12.5. The Hall–Kier alpha value is -1.76. The van der Waals surface area contributed by atoms with Gasteiger partial charge in [0.2, 0.25) is 15.9 Å². The van der Waals surface area contributed by atoms with Gasteiger partial charge in [-0.2, -0.15) is 0 Å². The van der Waals surface area contributed by atoms with E-state index in [4.69, 9.17) is 23.2 Å². The SMILES string of the molecule is Cc1cc(C)c(NC(=O)CN(c2ccc(Cl)cc2Cl)S(C)(=O)=O)c(C)c1. The Morgan fingerprint density at radius 1 is 1.08 bits per heavy atom. The van der Waals surface area contributed by atoms with Crippen LogP contribution in [-0.4, -0.2) is 27.1 Å². The molecule has 0 unspecified atom stereocenters. The van der Waals surface area contributed by atoms with Crippen LogP contribution in [-0.2, 0) is 14.8 Å². The van der Waals surface area contributed by atoms with Crippen molar-refractivity contribution in [3.05, 3.63) is 57.1 Å². The molecular formula is C18H20Cl2N2O3S. The van der Waals surface area contributed by atoms with Gasteiger partial charge in [0.1, 0.15) is 6.54 Å². The van der Waals surface area contributed by atoms with Gasteiger partial charge in [0.25, 0.3) is 0 Å². The van der Waals surface area contributed by atoms with Crippen molar-refractivity contribution in [1.29, 1.82) is 0 Å². The maximum absolute atomic E-state index is 12.5. The number of hydrogen-bond acceptors (Lipinski definition) is 3. The lowest BCUT2D eigenvalue weighted by atomic mass is 10.1. The van der Waals surface area contributed by atoms with E-state index in [1.165, 1.54) is 18.2 Å². The highest BCUT2D eigenvalue weighted by Crippen LogP contribution is 2.30. The predicted octanol–water partition coefficient (Wildman–Crippen LogP) is 4.32. The lowest BCUT2D eigenvalue weighted by Crippen LogP contribution is -2.37. The van der Waals surface area contributed by atoms with Crippen molar-refractivity contribution < 1.29 is 13.2 Å². The van der Waals surface area contributed by atoms with Crippen molar-refractivity contribution in [2.24, 2.45) is 0 Å². The van der Waals surface area contributed by atoms with Crippen molar-refractivity contribution in [1.82, 2.24) is 0 Å². The highest BCUT2D eigenvalue weighted by molar-refractivity contribution is 7.92. The van der Waals surface area contributed by atoms with E-state index in [-0.39, 0.29) is 10.7 Å². The first-order valence-corrected chi connectivity index (χ1v) is 10.4. The standard InChI is InChI=1S/C18H20Cl2N2O3S/c1-11-7-12(2)18(13(3)8-11)21-17(23)10-22(26(4,24)25)16-6-5-14(19)9-15(16)20/h5-9H,10H2,1-4H3,(H,21,23). The molecule has 0 bridgehead atoms. The van der Waals surface area contributed by atoms with Crippen LogP contribution >= 0.6 is 23.2 Å². The molecule has 5 nitrogen and oxygen atoms in total. The molecule has 0 aromatic heterocycles. The van der Waals surface area contributed by atoms with Crippen LogP contribution in [0, 0.1) is 20.8 Å². The lowest BCUT2D eigenvalue weighted by Gasteiger charge is -2.23. The minimum atomic E-state index is -3.72. The van der Waals surface area contributed by atoms with Crippen LogP contribution in [0.5, 0.6) is 0 Å². The maximum Gasteiger partial charge on any atom is 0.245 e. The number of amides is 1. The number of hydrogen-bond donors (Lipinski definition) is 1. The summed E-state index contributed by atoms with van der Waals surface area (Å²) in [6, 6.07) is 8.33. The van der Waals surface area contributed by atoms with Crippen LogP contribution in [0.25, 0.3) is 0 Å². The van der Waals surface area contributed by atoms with E-state index in [9.17, 15) is 13.2 Å². The molecule has 2 rings (SSSR count). The summed E-state index contributed by atoms with van der Waals surface area (Å²) in [5.41, 5.74) is 3.78. The van der Waals surface area contributed by atoms with Gasteiger partial charge < -0.3 is 5.32 Å². The Kier molecular flexibility index (Phi) is 6.21. The molecule has 0 saturated heterocycles. The third-order valence-electron chi connectivity index (χ3n) is 3.81. The summed E-state index contributed by atoms with van der Waals surface area (Å²) in [5.74, 6) is -0.462. The summed E-state index contributed by atoms with van der Waals surface area (Å²) < 4.78 is 25.3. The molecule has 26 heavy (non-hydrogen) atoms. The first kappa shape index (κ1) is 20.6. The molecule has 0 heterocycles. The molecule has 1 amide bonds. The summed E-state index contributed by atoms with van der Waals surface area (Å²) >= 11 is 12.0. The van der Waals surface area contributed by atoms with E-state index >= 15 is 0 Å². The summed E-state index contributed by atoms with van der Waals surface area (Å²) in [6.45, 7) is 5.35.